The van der Waals surface area contributed by atoms with Crippen LogP contribution in [0.5, 0.6) is 0 Å². The average Bonchev–Trinajstić information content (AvgIpc) is 1.85. The Morgan fingerprint density at radius 3 is 2.36 bits per heavy atom. The van der Waals surface area contributed by atoms with Crippen molar-refractivity contribution in [1.29, 1.82) is 0 Å². The molecule has 0 aliphatic heterocycles. The smallest absolute Gasteiger partial charge is 0.243 e. The molecule has 0 unspecified atom stereocenters. The Bertz CT molecular complexity index is 127. The second-order valence-corrected chi connectivity index (χ2v) is 3.95. The van der Waals surface area contributed by atoms with Crippen molar-refractivity contribution in [2.75, 3.05) is 0 Å². The maximum absolute atomic E-state index is 10.5. The van der Waals surface area contributed by atoms with Crippen molar-refractivity contribution in [2.45, 2.75) is 40.0 Å². The van der Waals surface area contributed by atoms with Gasteiger partial charge in [-0.1, -0.05) is 20.8 Å². The highest BCUT2D eigenvalue weighted by Gasteiger charge is 2.10. The molecule has 3 nitrogen and oxygen atoms in total. The normalized spacial score (nSPS) is 11.3. The first-order valence-electron chi connectivity index (χ1n) is 3.88. The molecule has 0 radical (unpaired) electrons. The van der Waals surface area contributed by atoms with E-state index in [9.17, 15) is 4.79 Å². The Morgan fingerprint density at radius 1 is 1.45 bits per heavy atom. The van der Waals surface area contributed by atoms with Crippen molar-refractivity contribution in [1.82, 2.24) is 5.48 Å². The number of hydrogen-bond acceptors (Lipinski definition) is 2. The van der Waals surface area contributed by atoms with Crippen molar-refractivity contribution in [3.05, 3.63) is 0 Å². The number of rotatable bonds is 3. The van der Waals surface area contributed by atoms with E-state index in [1.807, 2.05) is 0 Å². The Morgan fingerprint density at radius 2 is 2.00 bits per heavy atom. The van der Waals surface area contributed by atoms with E-state index >= 15 is 0 Å². The zero-order chi connectivity index (χ0) is 8.91. The Kier molecular flexibility index (Phi) is 4.11. The lowest BCUT2D eigenvalue weighted by molar-refractivity contribution is -0.129. The SMILES string of the molecule is CC(C)(C)CCCC(=O)NO. The number of hydroxylamine groups is 1. The van der Waals surface area contributed by atoms with Gasteiger partial charge in [-0.2, -0.15) is 0 Å². The molecule has 0 aromatic rings. The van der Waals surface area contributed by atoms with Crippen LogP contribution in [0, 0.1) is 5.41 Å². The predicted octanol–water partition coefficient (Wildman–Crippen LogP) is 1.71. The van der Waals surface area contributed by atoms with Gasteiger partial charge in [-0.05, 0) is 18.3 Å². The Labute approximate surface area is 67.8 Å². The fourth-order valence-corrected chi connectivity index (χ4v) is 0.835. The van der Waals surface area contributed by atoms with Gasteiger partial charge in [-0.25, -0.2) is 5.48 Å². The number of amides is 1. The van der Waals surface area contributed by atoms with E-state index in [4.69, 9.17) is 5.21 Å². The van der Waals surface area contributed by atoms with E-state index < -0.39 is 0 Å². The van der Waals surface area contributed by atoms with Gasteiger partial charge < -0.3 is 0 Å². The number of carbonyl (C=O) groups excluding carboxylic acids is 1. The van der Waals surface area contributed by atoms with Crippen LogP contribution in [0.2, 0.25) is 0 Å². The van der Waals surface area contributed by atoms with Crippen molar-refractivity contribution in [3.8, 4) is 0 Å². The molecule has 11 heavy (non-hydrogen) atoms. The van der Waals surface area contributed by atoms with Crippen LogP contribution >= 0.6 is 0 Å². The van der Waals surface area contributed by atoms with Crippen LogP contribution in [0.1, 0.15) is 40.0 Å². The molecule has 66 valence electrons. The van der Waals surface area contributed by atoms with Gasteiger partial charge in [0.25, 0.3) is 0 Å². The zero-order valence-corrected chi connectivity index (χ0v) is 7.48. The van der Waals surface area contributed by atoms with Crippen molar-refractivity contribution < 1.29 is 10.0 Å². The minimum Gasteiger partial charge on any atom is -0.289 e. The molecule has 0 aliphatic carbocycles. The lowest BCUT2D eigenvalue weighted by atomic mass is 9.90. The highest BCUT2D eigenvalue weighted by atomic mass is 16.5. The first-order valence-corrected chi connectivity index (χ1v) is 3.88. The van der Waals surface area contributed by atoms with Crippen molar-refractivity contribution in [3.63, 3.8) is 0 Å². The molecule has 0 saturated carbocycles. The maximum Gasteiger partial charge on any atom is 0.243 e. The first kappa shape index (κ1) is 10.4. The molecule has 1 amide bonds. The summed E-state index contributed by atoms with van der Waals surface area (Å²) in [4.78, 5) is 10.5. The summed E-state index contributed by atoms with van der Waals surface area (Å²) < 4.78 is 0. The minimum atomic E-state index is -0.297. The number of hydrogen-bond donors (Lipinski definition) is 2. The predicted molar refractivity (Wildman–Crippen MR) is 43.2 cm³/mol. The third-order valence-corrected chi connectivity index (χ3v) is 1.46. The number of nitrogens with one attached hydrogen (secondary N) is 1. The molecule has 3 heteroatoms. The minimum absolute atomic E-state index is 0.274. The van der Waals surface area contributed by atoms with E-state index in [-0.39, 0.29) is 11.3 Å². The number of carbonyl (C=O) groups is 1. The summed E-state index contributed by atoms with van der Waals surface area (Å²) in [5, 5.41) is 8.16. The lowest BCUT2D eigenvalue weighted by Gasteiger charge is -2.16. The van der Waals surface area contributed by atoms with E-state index in [2.05, 4.69) is 20.8 Å². The average molecular weight is 159 g/mol. The van der Waals surface area contributed by atoms with Gasteiger partial charge in [-0.3, -0.25) is 10.0 Å². The van der Waals surface area contributed by atoms with E-state index in [1.54, 1.807) is 5.48 Å². The third kappa shape index (κ3) is 7.33. The van der Waals surface area contributed by atoms with Crippen molar-refractivity contribution >= 4 is 5.91 Å². The van der Waals surface area contributed by atoms with Gasteiger partial charge in [0.2, 0.25) is 5.91 Å². The van der Waals surface area contributed by atoms with Crippen LogP contribution in [-0.4, -0.2) is 11.1 Å². The molecule has 0 heterocycles. The molecule has 0 saturated heterocycles. The largest absolute Gasteiger partial charge is 0.289 e. The van der Waals surface area contributed by atoms with Crippen LogP contribution < -0.4 is 5.48 Å². The summed E-state index contributed by atoms with van der Waals surface area (Å²) in [7, 11) is 0. The molecule has 0 bridgehead atoms. The Hall–Kier alpha value is -0.570. The summed E-state index contributed by atoms with van der Waals surface area (Å²) in [5.74, 6) is -0.297. The van der Waals surface area contributed by atoms with Gasteiger partial charge in [-0.15, -0.1) is 0 Å². The molecule has 0 aliphatic rings. The fraction of sp³-hybridized carbons (Fsp3) is 0.875. The lowest BCUT2D eigenvalue weighted by Crippen LogP contribution is -2.18. The molecule has 0 atom stereocenters. The molecule has 0 fully saturated rings. The molecule has 0 spiro atoms. The van der Waals surface area contributed by atoms with Gasteiger partial charge in [0, 0.05) is 6.42 Å². The van der Waals surface area contributed by atoms with Crippen LogP contribution in [0.15, 0.2) is 0 Å². The highest BCUT2D eigenvalue weighted by molar-refractivity contribution is 5.74. The summed E-state index contributed by atoms with van der Waals surface area (Å²) >= 11 is 0. The summed E-state index contributed by atoms with van der Waals surface area (Å²) in [5.41, 5.74) is 1.89. The van der Waals surface area contributed by atoms with Gasteiger partial charge in [0.15, 0.2) is 0 Å². The topological polar surface area (TPSA) is 49.3 Å². The van der Waals surface area contributed by atoms with Crippen molar-refractivity contribution in [2.24, 2.45) is 5.41 Å². The summed E-state index contributed by atoms with van der Waals surface area (Å²) in [6.07, 6.45) is 2.24. The van der Waals surface area contributed by atoms with E-state index in [1.165, 1.54) is 0 Å². The summed E-state index contributed by atoms with van der Waals surface area (Å²) in [6, 6.07) is 0. The summed E-state index contributed by atoms with van der Waals surface area (Å²) in [6.45, 7) is 6.39. The molecule has 2 N–H and O–H groups in total. The maximum atomic E-state index is 10.5. The first-order chi connectivity index (χ1) is 4.95. The monoisotopic (exact) mass is 159 g/mol. The molecule has 0 aromatic heterocycles. The van der Waals surface area contributed by atoms with Crippen LogP contribution in [0.4, 0.5) is 0 Å². The highest BCUT2D eigenvalue weighted by Crippen LogP contribution is 2.21. The molecular formula is C8H17NO2. The van der Waals surface area contributed by atoms with Crippen LogP contribution in [0.25, 0.3) is 0 Å². The van der Waals surface area contributed by atoms with Gasteiger partial charge in [0.1, 0.15) is 0 Å². The third-order valence-electron chi connectivity index (χ3n) is 1.46. The van der Waals surface area contributed by atoms with Gasteiger partial charge >= 0.3 is 0 Å². The second kappa shape index (κ2) is 4.34. The molecule has 0 aromatic carbocycles. The van der Waals surface area contributed by atoms with E-state index in [0.29, 0.717) is 6.42 Å². The second-order valence-electron chi connectivity index (χ2n) is 3.95. The van der Waals surface area contributed by atoms with E-state index in [0.717, 1.165) is 12.8 Å². The van der Waals surface area contributed by atoms with Crippen LogP contribution in [-0.2, 0) is 4.79 Å². The zero-order valence-electron chi connectivity index (χ0n) is 7.48. The quantitative estimate of drug-likeness (QED) is 0.486. The van der Waals surface area contributed by atoms with Crippen LogP contribution in [0.3, 0.4) is 0 Å². The van der Waals surface area contributed by atoms with Gasteiger partial charge in [0.05, 0.1) is 0 Å². The standard InChI is InChI=1S/C8H17NO2/c1-8(2,3)6-4-5-7(10)9-11/h11H,4-6H2,1-3H3,(H,9,10). The Balaban J connectivity index is 3.35. The molecule has 0 rings (SSSR count). The fourth-order valence-electron chi connectivity index (χ4n) is 0.835. The molecular weight excluding hydrogens is 142 g/mol.